The van der Waals surface area contributed by atoms with Gasteiger partial charge in [0.15, 0.2) is 0 Å². The molecule has 1 rings (SSSR count). The number of nitrogens with zero attached hydrogens (tertiary/aromatic N) is 2. The van der Waals surface area contributed by atoms with Gasteiger partial charge < -0.3 is 5.11 Å². The summed E-state index contributed by atoms with van der Waals surface area (Å²) >= 11 is 0. The van der Waals surface area contributed by atoms with Crippen LogP contribution in [0.1, 0.15) is 12.8 Å². The SMILES string of the molecule is CN(CCC(=O)O)S(=O)(=O)N1CC=CCC1. The van der Waals surface area contributed by atoms with Crippen LogP contribution in [0.5, 0.6) is 0 Å². The maximum atomic E-state index is 11.9. The van der Waals surface area contributed by atoms with Crippen molar-refractivity contribution in [2.24, 2.45) is 0 Å². The highest BCUT2D eigenvalue weighted by molar-refractivity contribution is 7.86. The van der Waals surface area contributed by atoms with Gasteiger partial charge in [-0.2, -0.15) is 17.0 Å². The van der Waals surface area contributed by atoms with E-state index in [9.17, 15) is 13.2 Å². The van der Waals surface area contributed by atoms with Crippen LogP contribution in [0.25, 0.3) is 0 Å². The summed E-state index contributed by atoms with van der Waals surface area (Å²) in [6.07, 6.45) is 4.25. The fourth-order valence-corrected chi connectivity index (χ4v) is 2.72. The van der Waals surface area contributed by atoms with E-state index in [2.05, 4.69) is 0 Å². The van der Waals surface area contributed by atoms with Crippen molar-refractivity contribution >= 4 is 16.2 Å². The van der Waals surface area contributed by atoms with E-state index in [4.69, 9.17) is 5.11 Å². The monoisotopic (exact) mass is 248 g/mol. The molecule has 0 amide bonds. The van der Waals surface area contributed by atoms with Crippen LogP contribution in [-0.2, 0) is 15.0 Å². The Hall–Kier alpha value is -0.920. The summed E-state index contributed by atoms with van der Waals surface area (Å²) in [6.45, 7) is 0.813. The summed E-state index contributed by atoms with van der Waals surface area (Å²) in [6, 6.07) is 0. The van der Waals surface area contributed by atoms with Crippen molar-refractivity contribution in [1.29, 1.82) is 0 Å². The number of hydrogen-bond acceptors (Lipinski definition) is 3. The minimum atomic E-state index is -3.51. The number of hydrogen-bond donors (Lipinski definition) is 1. The molecule has 1 N–H and O–H groups in total. The fraction of sp³-hybridized carbons (Fsp3) is 0.667. The molecular formula is C9H16N2O4S. The molecule has 0 saturated carbocycles. The van der Waals surface area contributed by atoms with E-state index in [0.29, 0.717) is 19.5 Å². The number of carboxylic acids is 1. The van der Waals surface area contributed by atoms with Gasteiger partial charge in [0.2, 0.25) is 0 Å². The second-order valence-corrected chi connectivity index (χ2v) is 5.63. The first kappa shape index (κ1) is 13.1. The molecule has 0 aromatic rings. The summed E-state index contributed by atoms with van der Waals surface area (Å²) in [4.78, 5) is 10.4. The van der Waals surface area contributed by atoms with Gasteiger partial charge in [-0.25, -0.2) is 0 Å². The van der Waals surface area contributed by atoms with E-state index in [1.54, 1.807) is 6.08 Å². The van der Waals surface area contributed by atoms with E-state index in [-0.39, 0.29) is 13.0 Å². The molecule has 0 radical (unpaired) electrons. The quantitative estimate of drug-likeness (QED) is 0.689. The van der Waals surface area contributed by atoms with Crippen LogP contribution in [0.2, 0.25) is 0 Å². The van der Waals surface area contributed by atoms with Crippen molar-refractivity contribution in [2.45, 2.75) is 12.8 Å². The molecule has 16 heavy (non-hydrogen) atoms. The lowest BCUT2D eigenvalue weighted by atomic mass is 10.3. The predicted molar refractivity (Wildman–Crippen MR) is 59.1 cm³/mol. The Bertz CT molecular complexity index is 377. The van der Waals surface area contributed by atoms with Crippen LogP contribution in [0, 0.1) is 0 Å². The van der Waals surface area contributed by atoms with E-state index in [1.165, 1.54) is 11.4 Å². The molecule has 0 saturated heterocycles. The molecule has 0 aliphatic carbocycles. The van der Waals surface area contributed by atoms with Crippen molar-refractivity contribution in [3.63, 3.8) is 0 Å². The molecule has 1 heterocycles. The fourth-order valence-electron chi connectivity index (χ4n) is 1.39. The lowest BCUT2D eigenvalue weighted by Crippen LogP contribution is -2.43. The maximum absolute atomic E-state index is 11.9. The lowest BCUT2D eigenvalue weighted by Gasteiger charge is -2.27. The van der Waals surface area contributed by atoms with E-state index in [0.717, 1.165) is 4.31 Å². The van der Waals surface area contributed by atoms with Gasteiger partial charge >= 0.3 is 5.97 Å². The number of aliphatic carboxylic acids is 1. The first-order chi connectivity index (χ1) is 7.44. The van der Waals surface area contributed by atoms with Crippen LogP contribution in [0.4, 0.5) is 0 Å². The van der Waals surface area contributed by atoms with Crippen LogP contribution in [-0.4, -0.2) is 54.8 Å². The summed E-state index contributed by atoms with van der Waals surface area (Å²) in [7, 11) is -2.11. The van der Waals surface area contributed by atoms with E-state index >= 15 is 0 Å². The van der Waals surface area contributed by atoms with Gasteiger partial charge in [0.1, 0.15) is 0 Å². The molecule has 0 fully saturated rings. The van der Waals surface area contributed by atoms with Gasteiger partial charge in [0, 0.05) is 26.7 Å². The number of rotatable bonds is 5. The second kappa shape index (κ2) is 5.42. The Morgan fingerprint density at radius 2 is 2.19 bits per heavy atom. The summed E-state index contributed by atoms with van der Waals surface area (Å²) < 4.78 is 26.3. The Labute approximate surface area is 95.3 Å². The molecule has 0 unspecified atom stereocenters. The minimum Gasteiger partial charge on any atom is -0.481 e. The molecule has 0 spiro atoms. The molecule has 0 aromatic heterocycles. The van der Waals surface area contributed by atoms with Crippen LogP contribution >= 0.6 is 0 Å². The minimum absolute atomic E-state index is 0.00210. The van der Waals surface area contributed by atoms with Crippen LogP contribution in [0.3, 0.4) is 0 Å². The Kier molecular flexibility index (Phi) is 4.45. The van der Waals surface area contributed by atoms with Gasteiger partial charge in [0.25, 0.3) is 10.2 Å². The Morgan fingerprint density at radius 1 is 1.50 bits per heavy atom. The smallest absolute Gasteiger partial charge is 0.304 e. The summed E-state index contributed by atoms with van der Waals surface area (Å²) in [5, 5.41) is 8.49. The molecule has 1 aliphatic heterocycles. The standard InChI is InChI=1S/C9H16N2O4S/c1-10(8-5-9(12)13)16(14,15)11-6-3-2-4-7-11/h2-3H,4-8H2,1H3,(H,12,13). The molecule has 0 aromatic carbocycles. The third kappa shape index (κ3) is 3.29. The van der Waals surface area contributed by atoms with Crippen LogP contribution < -0.4 is 0 Å². The maximum Gasteiger partial charge on any atom is 0.304 e. The van der Waals surface area contributed by atoms with Crippen molar-refractivity contribution in [1.82, 2.24) is 8.61 Å². The third-order valence-corrected chi connectivity index (χ3v) is 4.34. The average molecular weight is 248 g/mol. The van der Waals surface area contributed by atoms with E-state index in [1.807, 2.05) is 6.08 Å². The van der Waals surface area contributed by atoms with Crippen molar-refractivity contribution < 1.29 is 18.3 Å². The zero-order valence-electron chi connectivity index (χ0n) is 9.16. The topological polar surface area (TPSA) is 77.9 Å². The molecule has 92 valence electrons. The normalized spacial score (nSPS) is 17.9. The summed E-state index contributed by atoms with van der Waals surface area (Å²) in [5.74, 6) is -0.999. The average Bonchev–Trinajstić information content (AvgIpc) is 2.27. The first-order valence-electron chi connectivity index (χ1n) is 5.03. The predicted octanol–water partition coefficient (Wildman–Crippen LogP) is -0.100. The summed E-state index contributed by atoms with van der Waals surface area (Å²) in [5.41, 5.74) is 0. The Balaban J connectivity index is 2.61. The molecular weight excluding hydrogens is 232 g/mol. The van der Waals surface area contributed by atoms with Gasteiger partial charge in [-0.1, -0.05) is 12.2 Å². The van der Waals surface area contributed by atoms with Crippen molar-refractivity contribution in [3.05, 3.63) is 12.2 Å². The lowest BCUT2D eigenvalue weighted by molar-refractivity contribution is -0.137. The largest absolute Gasteiger partial charge is 0.481 e. The number of carboxylic acid groups (broad SMARTS) is 1. The molecule has 0 atom stereocenters. The molecule has 7 heteroatoms. The zero-order valence-corrected chi connectivity index (χ0v) is 9.98. The second-order valence-electron chi connectivity index (χ2n) is 3.59. The molecule has 0 bridgehead atoms. The zero-order chi connectivity index (χ0) is 12.2. The highest BCUT2D eigenvalue weighted by atomic mass is 32.2. The molecule has 6 nitrogen and oxygen atoms in total. The van der Waals surface area contributed by atoms with Gasteiger partial charge in [0.05, 0.1) is 6.42 Å². The van der Waals surface area contributed by atoms with E-state index < -0.39 is 16.2 Å². The Morgan fingerprint density at radius 3 is 2.69 bits per heavy atom. The van der Waals surface area contributed by atoms with Crippen LogP contribution in [0.15, 0.2) is 12.2 Å². The highest BCUT2D eigenvalue weighted by Gasteiger charge is 2.26. The van der Waals surface area contributed by atoms with Gasteiger partial charge in [-0.05, 0) is 6.42 Å². The third-order valence-electron chi connectivity index (χ3n) is 2.38. The van der Waals surface area contributed by atoms with Gasteiger partial charge in [-0.3, -0.25) is 4.79 Å². The van der Waals surface area contributed by atoms with Crippen molar-refractivity contribution in [3.8, 4) is 0 Å². The van der Waals surface area contributed by atoms with Crippen molar-refractivity contribution in [2.75, 3.05) is 26.7 Å². The highest BCUT2D eigenvalue weighted by Crippen LogP contribution is 2.11. The van der Waals surface area contributed by atoms with Gasteiger partial charge in [-0.15, -0.1) is 0 Å². The number of carbonyl (C=O) groups is 1. The first-order valence-corrected chi connectivity index (χ1v) is 6.42. The molecule has 1 aliphatic rings.